The molecule has 0 fully saturated rings. The summed E-state index contributed by atoms with van der Waals surface area (Å²) in [6.07, 6.45) is 3.83. The van der Waals surface area contributed by atoms with Crippen molar-refractivity contribution in [1.29, 1.82) is 0 Å². The van der Waals surface area contributed by atoms with Gasteiger partial charge in [-0.1, -0.05) is 13.0 Å². The second-order valence-electron chi connectivity index (χ2n) is 4.38. The normalized spacial score (nSPS) is 12.7. The summed E-state index contributed by atoms with van der Waals surface area (Å²) in [5.41, 5.74) is 2.26. The van der Waals surface area contributed by atoms with Gasteiger partial charge in [0.05, 0.1) is 6.42 Å². The standard InChI is InChI=1S/C13H20N2O2/c1-4-15(11(3)6-13(16)17)9-12-5-10(2)7-14-8-12/h5,7-8,11H,4,6,9H2,1-3H3,(H,16,17). The zero-order valence-electron chi connectivity index (χ0n) is 10.7. The number of pyridine rings is 1. The van der Waals surface area contributed by atoms with Crippen LogP contribution in [0.1, 0.15) is 31.4 Å². The highest BCUT2D eigenvalue weighted by Crippen LogP contribution is 2.10. The molecule has 0 spiro atoms. The second-order valence-corrected chi connectivity index (χ2v) is 4.38. The molecule has 4 nitrogen and oxygen atoms in total. The molecular formula is C13H20N2O2. The molecule has 1 aromatic rings. The van der Waals surface area contributed by atoms with Crippen molar-refractivity contribution in [2.45, 2.75) is 39.8 Å². The van der Waals surface area contributed by atoms with Gasteiger partial charge in [0, 0.05) is 25.0 Å². The van der Waals surface area contributed by atoms with Crippen LogP contribution in [0.15, 0.2) is 18.5 Å². The number of carboxylic acids is 1. The third kappa shape index (κ3) is 4.53. The molecule has 4 heteroatoms. The van der Waals surface area contributed by atoms with Crippen LogP contribution in [0.5, 0.6) is 0 Å². The number of aryl methyl sites for hydroxylation is 1. The Balaban J connectivity index is 2.66. The van der Waals surface area contributed by atoms with E-state index in [0.717, 1.165) is 24.2 Å². The molecule has 0 bridgehead atoms. The van der Waals surface area contributed by atoms with Gasteiger partial charge in [-0.15, -0.1) is 0 Å². The highest BCUT2D eigenvalue weighted by molar-refractivity contribution is 5.67. The summed E-state index contributed by atoms with van der Waals surface area (Å²) in [6.45, 7) is 7.58. The van der Waals surface area contributed by atoms with Gasteiger partial charge >= 0.3 is 5.97 Å². The van der Waals surface area contributed by atoms with E-state index in [1.807, 2.05) is 33.2 Å². The van der Waals surface area contributed by atoms with Gasteiger partial charge in [-0.2, -0.15) is 0 Å². The molecule has 0 aromatic carbocycles. The molecule has 0 aliphatic heterocycles. The summed E-state index contributed by atoms with van der Waals surface area (Å²) < 4.78 is 0. The first-order valence-corrected chi connectivity index (χ1v) is 5.89. The van der Waals surface area contributed by atoms with Crippen molar-refractivity contribution < 1.29 is 9.90 Å². The van der Waals surface area contributed by atoms with Crippen LogP contribution < -0.4 is 0 Å². The van der Waals surface area contributed by atoms with Gasteiger partial charge < -0.3 is 5.11 Å². The molecule has 0 saturated carbocycles. The lowest BCUT2D eigenvalue weighted by atomic mass is 10.1. The fourth-order valence-corrected chi connectivity index (χ4v) is 1.90. The maximum absolute atomic E-state index is 10.7. The zero-order chi connectivity index (χ0) is 12.8. The Labute approximate surface area is 102 Å². The number of aliphatic carboxylic acids is 1. The lowest BCUT2D eigenvalue weighted by Crippen LogP contribution is -2.34. The molecule has 0 aliphatic rings. The van der Waals surface area contributed by atoms with Crippen LogP contribution in [0.25, 0.3) is 0 Å². The second kappa shape index (κ2) is 6.35. The Morgan fingerprint density at radius 1 is 1.53 bits per heavy atom. The van der Waals surface area contributed by atoms with E-state index in [9.17, 15) is 4.79 Å². The smallest absolute Gasteiger partial charge is 0.304 e. The van der Waals surface area contributed by atoms with Gasteiger partial charge in [-0.3, -0.25) is 14.7 Å². The van der Waals surface area contributed by atoms with Crippen molar-refractivity contribution in [1.82, 2.24) is 9.88 Å². The molecule has 17 heavy (non-hydrogen) atoms. The summed E-state index contributed by atoms with van der Waals surface area (Å²) in [5, 5.41) is 8.80. The van der Waals surface area contributed by atoms with Crippen molar-refractivity contribution in [3.05, 3.63) is 29.6 Å². The van der Waals surface area contributed by atoms with E-state index in [4.69, 9.17) is 5.11 Å². The third-order valence-corrected chi connectivity index (χ3v) is 2.82. The van der Waals surface area contributed by atoms with Gasteiger partial charge in [0.25, 0.3) is 0 Å². The average Bonchev–Trinajstić information content (AvgIpc) is 2.24. The van der Waals surface area contributed by atoms with Crippen LogP contribution >= 0.6 is 0 Å². The molecule has 1 aromatic heterocycles. The lowest BCUT2D eigenvalue weighted by Gasteiger charge is -2.26. The van der Waals surface area contributed by atoms with Crippen LogP contribution in [0.3, 0.4) is 0 Å². The first-order chi connectivity index (χ1) is 8.02. The minimum absolute atomic E-state index is 0.0398. The van der Waals surface area contributed by atoms with Crippen LogP contribution in [0.2, 0.25) is 0 Å². The molecule has 1 rings (SSSR count). The maximum Gasteiger partial charge on any atom is 0.304 e. The van der Waals surface area contributed by atoms with Crippen molar-refractivity contribution >= 4 is 5.97 Å². The molecule has 0 saturated heterocycles. The van der Waals surface area contributed by atoms with Crippen molar-refractivity contribution in [2.24, 2.45) is 0 Å². The van der Waals surface area contributed by atoms with E-state index in [1.54, 1.807) is 0 Å². The number of carboxylic acid groups (broad SMARTS) is 1. The van der Waals surface area contributed by atoms with Gasteiger partial charge in [-0.25, -0.2) is 0 Å². The summed E-state index contributed by atoms with van der Waals surface area (Å²) in [5.74, 6) is -0.752. The predicted octanol–water partition coefficient (Wildman–Crippen LogP) is 2.08. The average molecular weight is 236 g/mol. The molecule has 0 amide bonds. The van der Waals surface area contributed by atoms with Crippen LogP contribution in [-0.4, -0.2) is 33.5 Å². The van der Waals surface area contributed by atoms with Crippen LogP contribution in [0.4, 0.5) is 0 Å². The molecular weight excluding hydrogens is 216 g/mol. The molecule has 0 radical (unpaired) electrons. The molecule has 1 heterocycles. The van der Waals surface area contributed by atoms with E-state index in [0.29, 0.717) is 0 Å². The fourth-order valence-electron chi connectivity index (χ4n) is 1.90. The minimum atomic E-state index is -0.752. The topological polar surface area (TPSA) is 53.4 Å². The van der Waals surface area contributed by atoms with E-state index in [2.05, 4.69) is 16.0 Å². The Morgan fingerprint density at radius 3 is 2.76 bits per heavy atom. The maximum atomic E-state index is 10.7. The number of hydrogen-bond donors (Lipinski definition) is 1. The van der Waals surface area contributed by atoms with Crippen molar-refractivity contribution in [2.75, 3.05) is 6.54 Å². The summed E-state index contributed by atoms with van der Waals surface area (Å²) in [6, 6.07) is 2.13. The monoisotopic (exact) mass is 236 g/mol. The number of aromatic nitrogens is 1. The third-order valence-electron chi connectivity index (χ3n) is 2.82. The van der Waals surface area contributed by atoms with Gasteiger partial charge in [-0.05, 0) is 31.5 Å². The van der Waals surface area contributed by atoms with Gasteiger partial charge in [0.1, 0.15) is 0 Å². The van der Waals surface area contributed by atoms with E-state index in [-0.39, 0.29) is 12.5 Å². The highest BCUT2D eigenvalue weighted by Gasteiger charge is 2.15. The highest BCUT2D eigenvalue weighted by atomic mass is 16.4. The van der Waals surface area contributed by atoms with Crippen molar-refractivity contribution in [3.8, 4) is 0 Å². The molecule has 1 unspecified atom stereocenters. The van der Waals surface area contributed by atoms with Crippen LogP contribution in [0, 0.1) is 6.92 Å². The first kappa shape index (κ1) is 13.6. The fraction of sp³-hybridized carbons (Fsp3) is 0.538. The minimum Gasteiger partial charge on any atom is -0.481 e. The van der Waals surface area contributed by atoms with E-state index >= 15 is 0 Å². The summed E-state index contributed by atoms with van der Waals surface area (Å²) in [7, 11) is 0. The Kier molecular flexibility index (Phi) is 5.10. The first-order valence-electron chi connectivity index (χ1n) is 5.89. The Morgan fingerprint density at radius 2 is 2.24 bits per heavy atom. The SMILES string of the molecule is CCN(Cc1cncc(C)c1)C(C)CC(=O)O. The summed E-state index contributed by atoms with van der Waals surface area (Å²) in [4.78, 5) is 17.0. The van der Waals surface area contributed by atoms with E-state index in [1.165, 1.54) is 0 Å². The number of hydrogen-bond acceptors (Lipinski definition) is 3. The van der Waals surface area contributed by atoms with Crippen LogP contribution in [-0.2, 0) is 11.3 Å². The molecule has 1 N–H and O–H groups in total. The number of carbonyl (C=O) groups is 1. The Bertz CT molecular complexity index is 379. The Hall–Kier alpha value is -1.42. The van der Waals surface area contributed by atoms with Crippen molar-refractivity contribution in [3.63, 3.8) is 0 Å². The predicted molar refractivity (Wildman–Crippen MR) is 66.8 cm³/mol. The van der Waals surface area contributed by atoms with Gasteiger partial charge in [0.2, 0.25) is 0 Å². The quantitative estimate of drug-likeness (QED) is 0.821. The van der Waals surface area contributed by atoms with E-state index < -0.39 is 5.97 Å². The molecule has 0 aliphatic carbocycles. The largest absolute Gasteiger partial charge is 0.481 e. The number of rotatable bonds is 6. The molecule has 94 valence electrons. The summed E-state index contributed by atoms with van der Waals surface area (Å²) >= 11 is 0. The van der Waals surface area contributed by atoms with Gasteiger partial charge in [0.15, 0.2) is 0 Å². The molecule has 1 atom stereocenters. The lowest BCUT2D eigenvalue weighted by molar-refractivity contribution is -0.138. The zero-order valence-corrected chi connectivity index (χ0v) is 10.7. The number of nitrogens with zero attached hydrogens (tertiary/aromatic N) is 2.